The number of benzene rings is 6. The monoisotopic (exact) mass is 816 g/mol. The molecule has 1 heterocycles. The van der Waals surface area contributed by atoms with Crippen molar-refractivity contribution in [1.29, 1.82) is 0 Å². The van der Waals surface area contributed by atoms with Crippen molar-refractivity contribution in [2.75, 3.05) is 36.7 Å². The van der Waals surface area contributed by atoms with Crippen LogP contribution in [0.3, 0.4) is 0 Å². The molecule has 8 nitrogen and oxygen atoms in total. The number of anilines is 2. The lowest BCUT2D eigenvalue weighted by Gasteiger charge is -2.37. The second-order valence-electron chi connectivity index (χ2n) is 15.8. The lowest BCUT2D eigenvalue weighted by molar-refractivity contribution is 0.0599. The predicted octanol–water partition coefficient (Wildman–Crippen LogP) is 11.6. The molecule has 1 fully saturated rings. The number of rotatable bonds is 16. The van der Waals surface area contributed by atoms with Gasteiger partial charge in [0.1, 0.15) is 24.7 Å². The first-order chi connectivity index (χ1) is 29.7. The van der Waals surface area contributed by atoms with E-state index in [0.717, 1.165) is 64.0 Å². The van der Waals surface area contributed by atoms with Gasteiger partial charge in [-0.2, -0.15) is 0 Å². The standard InChI is InChI=1S/C53H56N2O6/c1-6-54(44-25-27-59-28-26-44)49-31-43(30-47(38(49)4)53(57)58-5)42-23-16-24-45(29-42)55(34-39-17-10-7-11-18-39)52(56)48-32-46(37(2)3)50(60-35-40-19-12-8-13-20-40)33-51(48)61-36-41-21-14-9-15-22-41/h7-24,29-33,37,44H,6,25-28,34-36H2,1-5H3. The number of carbonyl (C=O) groups is 2. The normalized spacial score (nSPS) is 12.8. The molecule has 0 aliphatic carbocycles. The minimum Gasteiger partial charge on any atom is -0.488 e. The fourth-order valence-corrected chi connectivity index (χ4v) is 8.06. The van der Waals surface area contributed by atoms with Crippen molar-refractivity contribution < 1.29 is 28.5 Å². The quantitative estimate of drug-likeness (QED) is 0.0900. The molecule has 8 heteroatoms. The second kappa shape index (κ2) is 20.3. The van der Waals surface area contributed by atoms with E-state index in [2.05, 4.69) is 31.7 Å². The summed E-state index contributed by atoms with van der Waals surface area (Å²) in [5.41, 5.74) is 9.16. The van der Waals surface area contributed by atoms with Gasteiger partial charge in [0.2, 0.25) is 0 Å². The Kier molecular flexibility index (Phi) is 14.2. The van der Waals surface area contributed by atoms with Gasteiger partial charge in [0, 0.05) is 43.2 Å². The van der Waals surface area contributed by atoms with Crippen LogP contribution in [0, 0.1) is 6.92 Å². The number of carbonyl (C=O) groups excluding carboxylic acids is 2. The summed E-state index contributed by atoms with van der Waals surface area (Å²) >= 11 is 0. The molecule has 6 aromatic carbocycles. The molecule has 7 rings (SSSR count). The molecule has 0 spiro atoms. The Morgan fingerprint density at radius 2 is 1.30 bits per heavy atom. The van der Waals surface area contributed by atoms with Crippen molar-refractivity contribution in [2.24, 2.45) is 0 Å². The molecule has 6 aromatic rings. The Morgan fingerprint density at radius 1 is 0.689 bits per heavy atom. The third-order valence-electron chi connectivity index (χ3n) is 11.4. The summed E-state index contributed by atoms with van der Waals surface area (Å²) in [5, 5.41) is 0. The molecule has 1 amide bonds. The number of nitrogens with zero attached hydrogens (tertiary/aromatic N) is 2. The lowest BCUT2D eigenvalue weighted by Crippen LogP contribution is -2.40. The van der Waals surface area contributed by atoms with E-state index in [1.165, 1.54) is 7.11 Å². The second-order valence-corrected chi connectivity index (χ2v) is 15.8. The van der Waals surface area contributed by atoms with E-state index in [9.17, 15) is 4.79 Å². The maximum atomic E-state index is 15.4. The third-order valence-corrected chi connectivity index (χ3v) is 11.4. The molecule has 0 bridgehead atoms. The minimum atomic E-state index is -0.388. The highest BCUT2D eigenvalue weighted by Gasteiger charge is 2.28. The Balaban J connectivity index is 1.33. The highest BCUT2D eigenvalue weighted by molar-refractivity contribution is 6.08. The van der Waals surface area contributed by atoms with E-state index in [1.807, 2.05) is 145 Å². The molecule has 0 aromatic heterocycles. The van der Waals surface area contributed by atoms with E-state index in [1.54, 1.807) is 0 Å². The first-order valence-electron chi connectivity index (χ1n) is 21.3. The zero-order chi connectivity index (χ0) is 42.7. The van der Waals surface area contributed by atoms with Gasteiger partial charge < -0.3 is 28.7 Å². The van der Waals surface area contributed by atoms with Crippen molar-refractivity contribution in [3.63, 3.8) is 0 Å². The number of ether oxygens (including phenoxy) is 4. The van der Waals surface area contributed by atoms with E-state index in [-0.39, 0.29) is 30.4 Å². The van der Waals surface area contributed by atoms with Crippen molar-refractivity contribution >= 4 is 23.3 Å². The molecule has 0 N–H and O–H groups in total. The van der Waals surface area contributed by atoms with E-state index >= 15 is 4.79 Å². The molecule has 1 aliphatic rings. The van der Waals surface area contributed by atoms with Gasteiger partial charge in [0.25, 0.3) is 5.91 Å². The Morgan fingerprint density at radius 3 is 1.89 bits per heavy atom. The van der Waals surface area contributed by atoms with E-state index in [0.29, 0.717) is 54.7 Å². The smallest absolute Gasteiger partial charge is 0.338 e. The molecule has 0 saturated carbocycles. The van der Waals surface area contributed by atoms with Crippen LogP contribution in [0.25, 0.3) is 11.1 Å². The number of esters is 1. The average Bonchev–Trinajstić information content (AvgIpc) is 3.31. The highest BCUT2D eigenvalue weighted by atomic mass is 16.5. The SMILES string of the molecule is CCN(c1cc(-c2cccc(N(Cc3ccccc3)C(=O)c3cc(C(C)C)c(OCc4ccccc4)cc3OCc3ccccc3)c2)cc(C(=O)OC)c1C)C1CCOCC1. The molecule has 1 saturated heterocycles. The number of hydrogen-bond donors (Lipinski definition) is 0. The van der Waals surface area contributed by atoms with Crippen molar-refractivity contribution in [3.8, 4) is 22.6 Å². The fourth-order valence-electron chi connectivity index (χ4n) is 8.06. The van der Waals surface area contributed by atoms with Gasteiger partial charge in [-0.25, -0.2) is 4.79 Å². The van der Waals surface area contributed by atoms with Crippen LogP contribution in [-0.2, 0) is 29.2 Å². The summed E-state index contributed by atoms with van der Waals surface area (Å²) in [5.74, 6) is 0.565. The summed E-state index contributed by atoms with van der Waals surface area (Å²) in [4.78, 5) is 32.9. The summed E-state index contributed by atoms with van der Waals surface area (Å²) in [6.07, 6.45) is 1.82. The van der Waals surface area contributed by atoms with Crippen LogP contribution >= 0.6 is 0 Å². The molecule has 1 aliphatic heterocycles. The van der Waals surface area contributed by atoms with Gasteiger partial charge in [-0.3, -0.25) is 4.79 Å². The summed E-state index contributed by atoms with van der Waals surface area (Å²) < 4.78 is 24.1. The van der Waals surface area contributed by atoms with Crippen LogP contribution in [0.2, 0.25) is 0 Å². The molecule has 314 valence electrons. The van der Waals surface area contributed by atoms with Gasteiger partial charge in [0.05, 0.1) is 24.8 Å². The Bertz CT molecular complexity index is 2390. The van der Waals surface area contributed by atoms with Crippen LogP contribution in [0.5, 0.6) is 11.5 Å². The van der Waals surface area contributed by atoms with Crippen molar-refractivity contribution in [1.82, 2.24) is 0 Å². The average molecular weight is 817 g/mol. The maximum Gasteiger partial charge on any atom is 0.338 e. The van der Waals surface area contributed by atoms with Gasteiger partial charge in [-0.1, -0.05) is 117 Å². The number of amides is 1. The first kappa shape index (κ1) is 42.7. The zero-order valence-electron chi connectivity index (χ0n) is 35.9. The highest BCUT2D eigenvalue weighted by Crippen LogP contribution is 2.39. The molecule has 61 heavy (non-hydrogen) atoms. The van der Waals surface area contributed by atoms with Crippen molar-refractivity contribution in [3.05, 3.63) is 178 Å². The topological polar surface area (TPSA) is 77.5 Å². The van der Waals surface area contributed by atoms with Crippen LogP contribution in [-0.4, -0.2) is 44.8 Å². The molecular formula is C53H56N2O6. The predicted molar refractivity (Wildman–Crippen MR) is 244 cm³/mol. The van der Waals surface area contributed by atoms with Crippen molar-refractivity contribution in [2.45, 2.75) is 72.3 Å². The summed E-state index contributed by atoms with van der Waals surface area (Å²) in [6, 6.07) is 46.2. The summed E-state index contributed by atoms with van der Waals surface area (Å²) in [6.45, 7) is 11.5. The first-order valence-corrected chi connectivity index (χ1v) is 21.3. The van der Waals surface area contributed by atoms with Gasteiger partial charge >= 0.3 is 5.97 Å². The zero-order valence-corrected chi connectivity index (χ0v) is 35.9. The van der Waals surface area contributed by atoms with Crippen LogP contribution in [0.1, 0.15) is 88.1 Å². The number of hydrogen-bond acceptors (Lipinski definition) is 7. The molecule has 0 atom stereocenters. The maximum absolute atomic E-state index is 15.4. The lowest BCUT2D eigenvalue weighted by atomic mass is 9.95. The Hall–Kier alpha value is -6.38. The van der Waals surface area contributed by atoms with Crippen LogP contribution in [0.15, 0.2) is 140 Å². The van der Waals surface area contributed by atoms with E-state index < -0.39 is 0 Å². The largest absolute Gasteiger partial charge is 0.488 e. The van der Waals surface area contributed by atoms with Gasteiger partial charge in [-0.05, 0) is 102 Å². The summed E-state index contributed by atoms with van der Waals surface area (Å²) in [7, 11) is 1.42. The van der Waals surface area contributed by atoms with Crippen LogP contribution < -0.4 is 19.3 Å². The van der Waals surface area contributed by atoms with E-state index in [4.69, 9.17) is 18.9 Å². The third kappa shape index (κ3) is 10.3. The molecule has 0 unspecified atom stereocenters. The fraction of sp³-hybridized carbons (Fsp3) is 0.283. The van der Waals surface area contributed by atoms with Gasteiger partial charge in [-0.15, -0.1) is 0 Å². The van der Waals surface area contributed by atoms with Gasteiger partial charge in [0.15, 0.2) is 0 Å². The number of methoxy groups -OCH3 is 1. The Labute approximate surface area is 360 Å². The van der Waals surface area contributed by atoms with Crippen LogP contribution in [0.4, 0.5) is 11.4 Å². The minimum absolute atomic E-state index is 0.0509. The molecular weight excluding hydrogens is 761 g/mol. The molecule has 0 radical (unpaired) electrons.